The number of nitrogens with two attached hydrogens (primary N) is 5. The van der Waals surface area contributed by atoms with E-state index in [9.17, 15) is 72.9 Å². The van der Waals surface area contributed by atoms with E-state index in [4.69, 9.17) is 33.4 Å². The molecule has 10 saturated heterocycles. The number of β-lactam (4-membered cyclic amide) rings is 5. The van der Waals surface area contributed by atoms with Crippen LogP contribution >= 0.6 is 12.4 Å². The molecule has 0 bridgehead atoms. The van der Waals surface area contributed by atoms with E-state index >= 15 is 0 Å². The number of halogens is 1. The Morgan fingerprint density at radius 1 is 0.554 bits per heavy atom. The molecule has 624 valence electrons. The number of carbonyl (C=O) groups excluding carboxylic acids is 12. The summed E-state index contributed by atoms with van der Waals surface area (Å²) in [5.41, 5.74) is 25.7. The van der Waals surface area contributed by atoms with Gasteiger partial charge in [-0.25, -0.2) is 9.78 Å². The predicted octanol–water partition coefficient (Wildman–Crippen LogP) is -2.25. The topological polar surface area (TPSA) is 506 Å². The number of rotatable bonds is 22. The first-order valence-electron chi connectivity index (χ1n) is 39.3. The summed E-state index contributed by atoms with van der Waals surface area (Å²) in [6.07, 6.45) is 9.85. The lowest BCUT2D eigenvalue weighted by Gasteiger charge is -2.53. The first-order valence-corrected chi connectivity index (χ1v) is 39.3. The quantitative estimate of drug-likeness (QED) is 0.0554. The molecule has 15 atom stereocenters. The van der Waals surface area contributed by atoms with Crippen molar-refractivity contribution in [2.24, 2.45) is 40.5 Å². The Bertz CT molecular complexity index is 3760. The molecule has 5 spiro atoms. The highest BCUT2D eigenvalue weighted by atomic mass is 35.5. The van der Waals surface area contributed by atoms with Crippen LogP contribution in [0.1, 0.15) is 174 Å². The van der Waals surface area contributed by atoms with Crippen LogP contribution in [0.3, 0.4) is 0 Å². The van der Waals surface area contributed by atoms with E-state index < -0.39 is 118 Å². The number of amides is 12. The molecule has 2 aromatic rings. The number of imidazole rings is 1. The van der Waals surface area contributed by atoms with Crippen molar-refractivity contribution in [3.05, 3.63) is 53.6 Å². The van der Waals surface area contributed by atoms with Gasteiger partial charge < -0.3 is 109 Å². The number of carbonyl (C=O) groups is 12. The largest absolute Gasteiger partial charge is 0.444 e. The number of hydrogen-bond donors (Lipinski definition) is 13. The zero-order valence-electron chi connectivity index (χ0n) is 66.7. The van der Waals surface area contributed by atoms with E-state index in [1.165, 1.54) is 42.7 Å². The Hall–Kier alpha value is -8.16. The van der Waals surface area contributed by atoms with E-state index in [0.717, 1.165) is 88.7 Å². The number of benzene rings is 1. The Morgan fingerprint density at radius 3 is 1.31 bits per heavy atom. The van der Waals surface area contributed by atoms with E-state index in [2.05, 4.69) is 31.6 Å². The fourth-order valence-electron chi connectivity index (χ4n) is 17.4. The molecule has 1 aliphatic carbocycles. The van der Waals surface area contributed by atoms with Gasteiger partial charge in [0.1, 0.15) is 69.2 Å². The second kappa shape index (κ2) is 36.1. The molecular weight excluding hydrogens is 1470 g/mol. The highest BCUT2D eigenvalue weighted by Gasteiger charge is 2.65. The second-order valence-electron chi connectivity index (χ2n) is 33.7. The van der Waals surface area contributed by atoms with Crippen LogP contribution in [0.15, 0.2) is 36.7 Å². The Balaban J connectivity index is 0.000000178. The zero-order valence-corrected chi connectivity index (χ0v) is 67.6. The standard InChI is InChI=1S/C22H27N5O4.C15H26N4O4.C15H25N3O3.C14H25N3O3.C10H18N4O2.ClH/c1-14-17(24-13-25(14)11-16-7-4-3-5-8-16)20(30)27-10-6-9-22(27)12-26(21(22)31)18(15(2)28)19(23)29;1-9(16)10(11(17)20)18-8-15(12(18)21)6-5-7-19(15)13(22)23-14(2,3)4;1-10(19)12(13(20)16-8-11-4-2-5-11)18-9-15(14(18)21)6-3-7-17-15;1-9(2)7-15-12(19)11(10(3)18)17-8-14(13(17)20)5-4-6-16-14;1-6(11)7(8(12)15)14-5-10(9(14)16)3-2-4-13-10;/h3-5,7-8,13,15,18,28H,6,9-12H2,1-2H3,(H2,23,29);9-10H,5-8,16H2,1-4H3,(H2,17,20);10-12,17,19H,2-9H2,1H3,(H,16,20);9-11,16,18H,4-8H2,1-3H3,(H,15,19);6-7,13H,2-5,11H2,1H3,(H2,12,15);1H/t15-,18+,22?;;10-,12+,15?;10-,11+,14?;;/m1.11../s1. The molecule has 36 heteroatoms. The molecular formula is C76H122ClN19O16. The van der Waals surface area contributed by atoms with Crippen LogP contribution in [0.25, 0.3) is 0 Å². The first-order chi connectivity index (χ1) is 52.1. The van der Waals surface area contributed by atoms with Gasteiger partial charge in [0.15, 0.2) is 0 Å². The molecule has 11 heterocycles. The summed E-state index contributed by atoms with van der Waals surface area (Å²) in [6.45, 7) is 26.4. The molecule has 18 N–H and O–H groups in total. The van der Waals surface area contributed by atoms with Crippen LogP contribution in [-0.2, 0) is 59.2 Å². The summed E-state index contributed by atoms with van der Waals surface area (Å²) in [4.78, 5) is 162. The maximum absolute atomic E-state index is 13.4. The third-order valence-corrected chi connectivity index (χ3v) is 23.5. The van der Waals surface area contributed by atoms with Crippen molar-refractivity contribution in [3.63, 3.8) is 0 Å². The lowest BCUT2D eigenvalue weighted by atomic mass is 9.83. The van der Waals surface area contributed by atoms with Crippen LogP contribution in [0, 0.1) is 18.8 Å². The van der Waals surface area contributed by atoms with Gasteiger partial charge in [-0.15, -0.1) is 12.4 Å². The Morgan fingerprint density at radius 2 is 0.955 bits per heavy atom. The number of nitrogens with zero attached hydrogens (tertiary/aromatic N) is 9. The average molecular weight is 1590 g/mol. The SMILES string of the molecule is CC(C)CNC(=O)[C@H]([C@@H](C)O)N1CC2(CCCN2)C1=O.CC(N)C(C(N)=O)N1CC2(CCCN2)C1=O.CC(N)C(C(N)=O)N1CC2(CCCN2C(=O)OC(C)(C)C)C1=O.C[C@@H](O)[C@@H](C(=O)NCC1CCC1)N1CC2(CCCN2)C1=O.Cc1c(C(=O)N2CCCC23CN([C@H](C(N)=O)[C@@H](C)O)C3=O)ncn1Cc1ccccc1.Cl. The van der Waals surface area contributed by atoms with Crippen molar-refractivity contribution in [2.75, 3.05) is 78.5 Å². The third-order valence-electron chi connectivity index (χ3n) is 23.5. The summed E-state index contributed by atoms with van der Waals surface area (Å²) in [7, 11) is 0. The number of ether oxygens (including phenoxy) is 1. The van der Waals surface area contributed by atoms with E-state index in [1.807, 2.05) is 55.7 Å². The Labute approximate surface area is 661 Å². The summed E-state index contributed by atoms with van der Waals surface area (Å²) in [5.74, 6) is -2.55. The minimum Gasteiger partial charge on any atom is -0.444 e. The third kappa shape index (κ3) is 18.3. The van der Waals surface area contributed by atoms with Crippen molar-refractivity contribution in [2.45, 2.75) is 260 Å². The lowest BCUT2D eigenvalue weighted by Crippen LogP contribution is -2.77. The predicted molar refractivity (Wildman–Crippen MR) is 413 cm³/mol. The number of hydrogen-bond acceptors (Lipinski definition) is 22. The van der Waals surface area contributed by atoms with Crippen LogP contribution in [0.5, 0.6) is 0 Å². The smallest absolute Gasteiger partial charge is 0.411 e. The number of aliphatic hydroxyl groups is 3. The van der Waals surface area contributed by atoms with E-state index in [-0.39, 0.29) is 72.8 Å². The molecule has 10 aliphatic heterocycles. The molecule has 0 radical (unpaired) electrons. The number of nitrogens with one attached hydrogen (secondary N) is 5. The van der Waals surface area contributed by atoms with Gasteiger partial charge in [-0.3, -0.25) is 57.6 Å². The van der Waals surface area contributed by atoms with E-state index in [0.29, 0.717) is 89.2 Å². The van der Waals surface area contributed by atoms with Crippen LogP contribution < -0.4 is 55.3 Å². The molecule has 12 amide bonds. The van der Waals surface area contributed by atoms with Gasteiger partial charge in [0.25, 0.3) is 17.7 Å². The second-order valence-corrected chi connectivity index (χ2v) is 33.7. The van der Waals surface area contributed by atoms with Gasteiger partial charge in [0.2, 0.25) is 47.3 Å². The highest BCUT2D eigenvalue weighted by Crippen LogP contribution is 2.44. The van der Waals surface area contributed by atoms with Crippen molar-refractivity contribution < 1.29 is 77.6 Å². The van der Waals surface area contributed by atoms with Crippen molar-refractivity contribution in [1.29, 1.82) is 0 Å². The molecule has 11 aliphatic rings. The zero-order chi connectivity index (χ0) is 81.8. The molecule has 35 nitrogen and oxygen atoms in total. The van der Waals surface area contributed by atoms with Gasteiger partial charge >= 0.3 is 6.09 Å². The molecule has 13 rings (SSSR count). The summed E-state index contributed by atoms with van der Waals surface area (Å²) in [6, 6.07) is 4.72. The van der Waals surface area contributed by atoms with Gasteiger partial charge in [0, 0.05) is 70.1 Å². The molecule has 1 saturated carbocycles. The summed E-state index contributed by atoms with van der Waals surface area (Å²) < 4.78 is 7.31. The number of primary amides is 3. The molecule has 1 aromatic heterocycles. The van der Waals surface area contributed by atoms with Gasteiger partial charge in [-0.05, 0) is 176 Å². The molecule has 9 unspecified atom stereocenters. The van der Waals surface area contributed by atoms with Crippen LogP contribution in [0.2, 0.25) is 0 Å². The van der Waals surface area contributed by atoms with Crippen molar-refractivity contribution >= 4 is 83.5 Å². The molecule has 1 aromatic carbocycles. The van der Waals surface area contributed by atoms with Gasteiger partial charge in [-0.2, -0.15) is 0 Å². The maximum atomic E-state index is 13.4. The number of aliphatic hydroxyl groups excluding tert-OH is 3. The van der Waals surface area contributed by atoms with Gasteiger partial charge in [0.05, 0.1) is 37.7 Å². The minimum absolute atomic E-state index is 0. The highest BCUT2D eigenvalue weighted by molar-refractivity contribution is 6.04. The molecule has 112 heavy (non-hydrogen) atoms. The van der Waals surface area contributed by atoms with Crippen molar-refractivity contribution in [1.82, 2.24) is 70.4 Å². The van der Waals surface area contributed by atoms with Gasteiger partial charge in [-0.1, -0.05) is 50.6 Å². The minimum atomic E-state index is -1.09. The fraction of sp³-hybridized carbons (Fsp3) is 0.724. The number of aromatic nitrogens is 2. The van der Waals surface area contributed by atoms with Crippen LogP contribution in [0.4, 0.5) is 4.79 Å². The fourth-order valence-corrected chi connectivity index (χ4v) is 17.4. The van der Waals surface area contributed by atoms with Crippen LogP contribution in [-0.4, -0.2) is 303 Å². The maximum Gasteiger partial charge on any atom is 0.411 e. The monoisotopic (exact) mass is 1590 g/mol. The van der Waals surface area contributed by atoms with Crippen molar-refractivity contribution in [3.8, 4) is 0 Å². The average Bonchev–Trinajstić information content (AvgIpc) is 1.51. The molecule has 11 fully saturated rings. The van der Waals surface area contributed by atoms with E-state index in [1.54, 1.807) is 59.7 Å². The summed E-state index contributed by atoms with van der Waals surface area (Å²) >= 11 is 0. The normalized spacial score (nSPS) is 27.5. The lowest BCUT2D eigenvalue weighted by molar-refractivity contribution is -0.169. The Kier molecular flexibility index (Phi) is 28.8. The first kappa shape index (κ1) is 89.4. The summed E-state index contributed by atoms with van der Waals surface area (Å²) in [5, 5.41) is 45.0. The number of likely N-dealkylation sites (tertiary alicyclic amines) is 7.